The van der Waals surface area contributed by atoms with Gasteiger partial charge < -0.3 is 20.5 Å². The van der Waals surface area contributed by atoms with Crippen LogP contribution in [0, 0.1) is 11.8 Å². The van der Waals surface area contributed by atoms with Gasteiger partial charge in [0, 0.05) is 25.2 Å². The third kappa shape index (κ3) is 7.85. The maximum Gasteiger partial charge on any atom is 0.188 e. The molecule has 3 N–H and O–H groups in total. The highest BCUT2D eigenvalue weighted by atomic mass is 127. The normalized spacial score (nSPS) is 20.7. The van der Waals surface area contributed by atoms with Gasteiger partial charge in [-0.2, -0.15) is 0 Å². The molecule has 0 spiro atoms. The Morgan fingerprint density at radius 3 is 2.38 bits per heavy atom. The highest BCUT2D eigenvalue weighted by Gasteiger charge is 2.32. The molecule has 1 heterocycles. The van der Waals surface area contributed by atoms with E-state index in [1.165, 1.54) is 6.42 Å². The molecule has 1 aromatic rings. The molecule has 1 aromatic carbocycles. The number of aliphatic imine (C=N–C) groups is 1. The van der Waals surface area contributed by atoms with Gasteiger partial charge in [-0.1, -0.05) is 19.9 Å². The molecular weight excluding hydrogens is 479 g/mol. The van der Waals surface area contributed by atoms with Crippen LogP contribution in [0.1, 0.15) is 39.7 Å². The number of rotatable bonds is 8. The number of nitrogens with zero attached hydrogens (tertiary/aromatic N) is 2. The van der Waals surface area contributed by atoms with E-state index in [2.05, 4.69) is 42.9 Å². The average molecular weight is 518 g/mol. The van der Waals surface area contributed by atoms with Gasteiger partial charge in [0.2, 0.25) is 0 Å². The molecule has 0 aromatic heterocycles. The largest absolute Gasteiger partial charge is 0.493 e. The second-order valence-corrected chi connectivity index (χ2v) is 8.73. The Labute approximate surface area is 193 Å². The summed E-state index contributed by atoms with van der Waals surface area (Å²) in [5.41, 5.74) is 7.28. The van der Waals surface area contributed by atoms with Gasteiger partial charge in [-0.15, -0.1) is 24.0 Å². The van der Waals surface area contributed by atoms with Crippen molar-refractivity contribution in [2.75, 3.05) is 40.4 Å². The van der Waals surface area contributed by atoms with E-state index in [0.717, 1.165) is 55.0 Å². The number of hydrogen-bond donors (Lipinski definition) is 2. The van der Waals surface area contributed by atoms with E-state index in [-0.39, 0.29) is 29.5 Å². The quantitative estimate of drug-likeness (QED) is 0.313. The molecule has 2 rings (SSSR count). The maximum atomic E-state index is 6.11. The Balaban J connectivity index is 0.00000420. The van der Waals surface area contributed by atoms with Crippen molar-refractivity contribution >= 4 is 29.9 Å². The number of halogens is 1. The zero-order chi connectivity index (χ0) is 20.7. The second-order valence-electron chi connectivity index (χ2n) is 8.73. The van der Waals surface area contributed by atoms with Crippen molar-refractivity contribution in [3.63, 3.8) is 0 Å². The third-order valence-corrected chi connectivity index (χ3v) is 5.53. The van der Waals surface area contributed by atoms with Crippen molar-refractivity contribution in [1.82, 2.24) is 10.2 Å². The van der Waals surface area contributed by atoms with Crippen LogP contribution in [-0.4, -0.2) is 56.8 Å². The lowest BCUT2D eigenvalue weighted by atomic mass is 9.88. The Bertz CT molecular complexity index is 656. The van der Waals surface area contributed by atoms with E-state index >= 15 is 0 Å². The van der Waals surface area contributed by atoms with E-state index in [1.807, 2.05) is 18.2 Å². The van der Waals surface area contributed by atoms with Gasteiger partial charge in [0.05, 0.1) is 20.8 Å². The lowest BCUT2D eigenvalue weighted by Gasteiger charge is -2.44. The van der Waals surface area contributed by atoms with Gasteiger partial charge in [0.25, 0.3) is 0 Å². The summed E-state index contributed by atoms with van der Waals surface area (Å²) in [5, 5.41) is 3.23. The summed E-state index contributed by atoms with van der Waals surface area (Å²) in [6.45, 7) is 12.9. The van der Waals surface area contributed by atoms with Gasteiger partial charge in [-0.25, -0.2) is 0 Å². The van der Waals surface area contributed by atoms with Crippen LogP contribution in [0.4, 0.5) is 0 Å². The predicted octanol–water partition coefficient (Wildman–Crippen LogP) is 3.53. The number of ether oxygens (including phenoxy) is 2. The summed E-state index contributed by atoms with van der Waals surface area (Å²) < 4.78 is 10.6. The van der Waals surface area contributed by atoms with Crippen LogP contribution in [0.25, 0.3) is 0 Å². The molecule has 0 radical (unpaired) electrons. The third-order valence-electron chi connectivity index (χ3n) is 5.53. The summed E-state index contributed by atoms with van der Waals surface area (Å²) in [6, 6.07) is 5.96. The Kier molecular flexibility index (Phi) is 10.5. The Morgan fingerprint density at radius 2 is 1.79 bits per heavy atom. The molecule has 1 saturated heterocycles. The molecule has 166 valence electrons. The number of hydrogen-bond acceptors (Lipinski definition) is 4. The highest BCUT2D eigenvalue weighted by Crippen LogP contribution is 2.28. The van der Waals surface area contributed by atoms with Crippen LogP contribution in [0.3, 0.4) is 0 Å². The van der Waals surface area contributed by atoms with Crippen LogP contribution in [-0.2, 0) is 6.42 Å². The number of benzene rings is 1. The van der Waals surface area contributed by atoms with Gasteiger partial charge in [0.15, 0.2) is 17.5 Å². The minimum Gasteiger partial charge on any atom is -0.493 e. The highest BCUT2D eigenvalue weighted by molar-refractivity contribution is 14.0. The van der Waals surface area contributed by atoms with Crippen molar-refractivity contribution < 1.29 is 9.47 Å². The summed E-state index contributed by atoms with van der Waals surface area (Å²) in [4.78, 5) is 7.17. The molecule has 1 aliphatic rings. The molecule has 0 aliphatic carbocycles. The first kappa shape index (κ1) is 25.8. The molecule has 7 heteroatoms. The van der Waals surface area contributed by atoms with Crippen LogP contribution >= 0.6 is 24.0 Å². The zero-order valence-electron chi connectivity index (χ0n) is 18.8. The monoisotopic (exact) mass is 518 g/mol. The molecule has 1 fully saturated rings. The molecule has 6 nitrogen and oxygen atoms in total. The summed E-state index contributed by atoms with van der Waals surface area (Å²) >= 11 is 0. The number of piperidine rings is 1. The van der Waals surface area contributed by atoms with Crippen molar-refractivity contribution in [2.45, 2.75) is 46.1 Å². The summed E-state index contributed by atoms with van der Waals surface area (Å²) in [5.74, 6) is 3.47. The smallest absolute Gasteiger partial charge is 0.188 e. The van der Waals surface area contributed by atoms with Gasteiger partial charge in [0.1, 0.15) is 0 Å². The van der Waals surface area contributed by atoms with E-state index < -0.39 is 0 Å². The molecule has 2 atom stereocenters. The molecule has 0 saturated carbocycles. The van der Waals surface area contributed by atoms with Gasteiger partial charge in [-0.05, 0) is 56.2 Å². The van der Waals surface area contributed by atoms with Gasteiger partial charge in [-0.3, -0.25) is 9.89 Å². The van der Waals surface area contributed by atoms with Crippen LogP contribution in [0.5, 0.6) is 11.5 Å². The number of nitrogens with one attached hydrogen (secondary N) is 1. The molecular formula is C22H39IN4O2. The van der Waals surface area contributed by atoms with E-state index in [1.54, 1.807) is 14.2 Å². The minimum absolute atomic E-state index is 0. The second kappa shape index (κ2) is 11.8. The Hall–Kier alpha value is -1.22. The number of nitrogens with two attached hydrogens (primary N) is 1. The molecule has 1 aliphatic heterocycles. The Morgan fingerprint density at radius 1 is 1.17 bits per heavy atom. The first-order chi connectivity index (χ1) is 13.2. The van der Waals surface area contributed by atoms with E-state index in [4.69, 9.17) is 15.2 Å². The predicted molar refractivity (Wildman–Crippen MR) is 132 cm³/mol. The van der Waals surface area contributed by atoms with Gasteiger partial charge >= 0.3 is 0 Å². The van der Waals surface area contributed by atoms with E-state index in [9.17, 15) is 0 Å². The number of methoxy groups -OCH3 is 2. The lowest BCUT2D eigenvalue weighted by Crippen LogP contribution is -2.53. The van der Waals surface area contributed by atoms with Crippen LogP contribution < -0.4 is 20.5 Å². The number of guanidine groups is 1. The fourth-order valence-corrected chi connectivity index (χ4v) is 3.96. The van der Waals surface area contributed by atoms with Crippen molar-refractivity contribution in [2.24, 2.45) is 22.6 Å². The summed E-state index contributed by atoms with van der Waals surface area (Å²) in [6.07, 6.45) is 2.15. The van der Waals surface area contributed by atoms with Crippen molar-refractivity contribution in [3.05, 3.63) is 23.8 Å². The standard InChI is InChI=1S/C22H38N4O2.HI/c1-16-11-17(2)14-26(13-16)22(3,4)15-25-21(23)24-10-9-18-7-8-19(27-5)20(12-18)28-6;/h7-8,12,16-17H,9-11,13-15H2,1-6H3,(H3,23,24,25);1H. The SMILES string of the molecule is COc1ccc(CCNC(N)=NCC(C)(C)N2CC(C)CC(C)C2)cc1OC.I. The first-order valence-electron chi connectivity index (χ1n) is 10.2. The van der Waals surface area contributed by atoms with Crippen molar-refractivity contribution in [3.8, 4) is 11.5 Å². The zero-order valence-corrected chi connectivity index (χ0v) is 21.2. The maximum absolute atomic E-state index is 6.11. The average Bonchev–Trinajstić information content (AvgIpc) is 2.65. The molecule has 0 amide bonds. The number of likely N-dealkylation sites (tertiary alicyclic amines) is 1. The fourth-order valence-electron chi connectivity index (χ4n) is 3.96. The molecule has 29 heavy (non-hydrogen) atoms. The molecule has 2 unspecified atom stereocenters. The lowest BCUT2D eigenvalue weighted by molar-refractivity contribution is 0.0513. The van der Waals surface area contributed by atoms with E-state index in [0.29, 0.717) is 12.5 Å². The minimum atomic E-state index is 0. The fraction of sp³-hybridized carbons (Fsp3) is 0.682. The van der Waals surface area contributed by atoms with Crippen LogP contribution in [0.15, 0.2) is 23.2 Å². The topological polar surface area (TPSA) is 72.1 Å². The van der Waals surface area contributed by atoms with Crippen LogP contribution in [0.2, 0.25) is 0 Å². The first-order valence-corrected chi connectivity index (χ1v) is 10.2. The van der Waals surface area contributed by atoms with Crippen molar-refractivity contribution in [1.29, 1.82) is 0 Å². The summed E-state index contributed by atoms with van der Waals surface area (Å²) in [7, 11) is 3.29. The molecule has 0 bridgehead atoms.